The Labute approximate surface area is 184 Å². The molecule has 0 bridgehead atoms. The van der Waals surface area contributed by atoms with Gasteiger partial charge in [-0.3, -0.25) is 4.79 Å². The molecule has 0 fully saturated rings. The van der Waals surface area contributed by atoms with Gasteiger partial charge in [-0.05, 0) is 44.0 Å². The van der Waals surface area contributed by atoms with Crippen molar-refractivity contribution in [1.82, 2.24) is 9.38 Å². The smallest absolute Gasteiger partial charge is 0.341 e. The minimum atomic E-state index is -0.443. The summed E-state index contributed by atoms with van der Waals surface area (Å²) in [4.78, 5) is 30.0. The van der Waals surface area contributed by atoms with Gasteiger partial charge in [0.1, 0.15) is 16.2 Å². The average molecular weight is 434 g/mol. The molecule has 1 amide bonds. The average Bonchev–Trinajstić information content (AvgIpc) is 3.31. The number of anilines is 1. The SMILES string of the molecule is CCOC(=O)c1c(-c2ccc(C)cc2C)csc1NC(=O)Cc1cn2ccccc2n1. The molecule has 1 N–H and O–H groups in total. The van der Waals surface area contributed by atoms with Gasteiger partial charge in [0.25, 0.3) is 0 Å². The molecule has 0 aliphatic carbocycles. The van der Waals surface area contributed by atoms with Crippen LogP contribution in [0.3, 0.4) is 0 Å². The van der Waals surface area contributed by atoms with Crippen molar-refractivity contribution in [2.24, 2.45) is 0 Å². The molecule has 31 heavy (non-hydrogen) atoms. The monoisotopic (exact) mass is 433 g/mol. The number of aryl methyl sites for hydroxylation is 2. The first-order valence-corrected chi connectivity index (χ1v) is 10.9. The molecule has 3 heterocycles. The van der Waals surface area contributed by atoms with Crippen molar-refractivity contribution in [3.8, 4) is 11.1 Å². The Morgan fingerprint density at radius 1 is 1.16 bits per heavy atom. The number of ether oxygens (including phenoxy) is 1. The number of rotatable bonds is 6. The lowest BCUT2D eigenvalue weighted by Crippen LogP contribution is -2.16. The third-order valence-corrected chi connectivity index (χ3v) is 5.85. The van der Waals surface area contributed by atoms with Gasteiger partial charge in [0.05, 0.1) is 18.7 Å². The predicted octanol–water partition coefficient (Wildman–Crippen LogP) is 5.04. The Morgan fingerprint density at radius 3 is 2.74 bits per heavy atom. The number of carbonyl (C=O) groups is 2. The van der Waals surface area contributed by atoms with Crippen LogP contribution < -0.4 is 5.32 Å². The minimum Gasteiger partial charge on any atom is -0.462 e. The molecular formula is C24H23N3O3S. The second-order valence-corrected chi connectivity index (χ2v) is 8.20. The molecule has 3 aromatic heterocycles. The van der Waals surface area contributed by atoms with Gasteiger partial charge in [0, 0.05) is 23.3 Å². The third-order valence-electron chi connectivity index (χ3n) is 4.95. The van der Waals surface area contributed by atoms with Crippen molar-refractivity contribution < 1.29 is 14.3 Å². The van der Waals surface area contributed by atoms with Crippen LogP contribution in [0.2, 0.25) is 0 Å². The van der Waals surface area contributed by atoms with Crippen LogP contribution in [0.15, 0.2) is 54.2 Å². The number of benzene rings is 1. The van der Waals surface area contributed by atoms with Crippen molar-refractivity contribution in [1.29, 1.82) is 0 Å². The highest BCUT2D eigenvalue weighted by Gasteiger charge is 2.24. The van der Waals surface area contributed by atoms with Crippen LogP contribution in [0.25, 0.3) is 16.8 Å². The number of carbonyl (C=O) groups excluding carboxylic acids is 2. The highest BCUT2D eigenvalue weighted by Crippen LogP contribution is 2.38. The van der Waals surface area contributed by atoms with Crippen molar-refractivity contribution in [2.75, 3.05) is 11.9 Å². The van der Waals surface area contributed by atoms with Gasteiger partial charge >= 0.3 is 5.97 Å². The molecule has 0 aliphatic heterocycles. The zero-order chi connectivity index (χ0) is 22.0. The highest BCUT2D eigenvalue weighted by molar-refractivity contribution is 7.15. The highest BCUT2D eigenvalue weighted by atomic mass is 32.1. The first-order chi connectivity index (χ1) is 15.0. The normalized spacial score (nSPS) is 10.9. The molecule has 7 heteroatoms. The topological polar surface area (TPSA) is 72.7 Å². The van der Waals surface area contributed by atoms with Gasteiger partial charge in [-0.2, -0.15) is 0 Å². The summed E-state index contributed by atoms with van der Waals surface area (Å²) in [5.74, 6) is -0.676. The van der Waals surface area contributed by atoms with E-state index in [9.17, 15) is 9.59 Å². The van der Waals surface area contributed by atoms with E-state index in [2.05, 4.69) is 16.4 Å². The van der Waals surface area contributed by atoms with Crippen molar-refractivity contribution in [3.05, 3.63) is 76.6 Å². The Bertz CT molecular complexity index is 1240. The zero-order valence-corrected chi connectivity index (χ0v) is 18.5. The van der Waals surface area contributed by atoms with E-state index in [4.69, 9.17) is 4.74 Å². The molecule has 0 unspecified atom stereocenters. The van der Waals surface area contributed by atoms with Gasteiger partial charge in [-0.1, -0.05) is 29.8 Å². The number of amides is 1. The summed E-state index contributed by atoms with van der Waals surface area (Å²) in [6.45, 7) is 6.07. The number of imidazole rings is 1. The summed E-state index contributed by atoms with van der Waals surface area (Å²) in [7, 11) is 0. The Hall–Kier alpha value is -3.45. The zero-order valence-electron chi connectivity index (χ0n) is 17.6. The second-order valence-electron chi connectivity index (χ2n) is 7.32. The van der Waals surface area contributed by atoms with Gasteiger partial charge in [0.2, 0.25) is 5.91 Å². The maximum atomic E-state index is 12.8. The number of fused-ring (bicyclic) bond motifs is 1. The lowest BCUT2D eigenvalue weighted by Gasteiger charge is -2.10. The quantitative estimate of drug-likeness (QED) is 0.433. The number of thiophene rings is 1. The maximum absolute atomic E-state index is 12.8. The molecule has 6 nitrogen and oxygen atoms in total. The van der Waals surface area contributed by atoms with Crippen LogP contribution in [0.1, 0.15) is 34.1 Å². The molecule has 4 aromatic rings. The summed E-state index contributed by atoms with van der Waals surface area (Å²) < 4.78 is 7.16. The van der Waals surface area contributed by atoms with Crippen LogP contribution >= 0.6 is 11.3 Å². The fourth-order valence-electron chi connectivity index (χ4n) is 3.58. The number of nitrogens with zero attached hydrogens (tertiary/aromatic N) is 2. The Morgan fingerprint density at radius 2 is 2.00 bits per heavy atom. The molecular weight excluding hydrogens is 410 g/mol. The number of aromatic nitrogens is 2. The summed E-state index contributed by atoms with van der Waals surface area (Å²) in [6, 6.07) is 11.8. The summed E-state index contributed by atoms with van der Waals surface area (Å²) in [5.41, 5.74) is 5.76. The summed E-state index contributed by atoms with van der Waals surface area (Å²) in [5, 5.41) is 5.27. The van der Waals surface area contributed by atoms with E-state index in [0.29, 0.717) is 16.3 Å². The van der Waals surface area contributed by atoms with Crippen LogP contribution in [0, 0.1) is 13.8 Å². The van der Waals surface area contributed by atoms with Crippen LogP contribution in [-0.2, 0) is 16.0 Å². The van der Waals surface area contributed by atoms with Gasteiger partial charge in [-0.15, -0.1) is 11.3 Å². The number of pyridine rings is 1. The largest absolute Gasteiger partial charge is 0.462 e. The van der Waals surface area contributed by atoms with Gasteiger partial charge in [0.15, 0.2) is 0 Å². The molecule has 0 atom stereocenters. The third kappa shape index (κ3) is 4.36. The molecule has 0 aliphatic rings. The van der Waals surface area contributed by atoms with Crippen molar-refractivity contribution >= 4 is 33.9 Å². The number of hydrogen-bond acceptors (Lipinski definition) is 5. The summed E-state index contributed by atoms with van der Waals surface area (Å²) in [6.07, 6.45) is 3.83. The molecule has 0 radical (unpaired) electrons. The molecule has 158 valence electrons. The molecule has 0 spiro atoms. The lowest BCUT2D eigenvalue weighted by atomic mass is 9.97. The van der Waals surface area contributed by atoms with E-state index in [1.54, 1.807) is 6.92 Å². The van der Waals surface area contributed by atoms with E-state index in [1.807, 2.05) is 66.4 Å². The van der Waals surface area contributed by atoms with E-state index >= 15 is 0 Å². The van der Waals surface area contributed by atoms with E-state index in [1.165, 1.54) is 11.3 Å². The molecule has 0 saturated heterocycles. The fourth-order valence-corrected chi connectivity index (χ4v) is 4.54. The van der Waals surface area contributed by atoms with E-state index in [0.717, 1.165) is 27.9 Å². The van der Waals surface area contributed by atoms with E-state index < -0.39 is 5.97 Å². The summed E-state index contributed by atoms with van der Waals surface area (Å²) >= 11 is 1.32. The van der Waals surface area contributed by atoms with Crippen molar-refractivity contribution in [2.45, 2.75) is 27.2 Å². The fraction of sp³-hybridized carbons (Fsp3) is 0.208. The van der Waals surface area contributed by atoms with Crippen LogP contribution in [-0.4, -0.2) is 27.9 Å². The van der Waals surface area contributed by atoms with Gasteiger partial charge < -0.3 is 14.5 Å². The Kier molecular flexibility index (Phi) is 5.86. The molecule has 0 saturated carbocycles. The lowest BCUT2D eigenvalue weighted by molar-refractivity contribution is -0.115. The predicted molar refractivity (Wildman–Crippen MR) is 123 cm³/mol. The Balaban J connectivity index is 1.63. The first-order valence-electron chi connectivity index (χ1n) is 10.0. The number of hydrogen-bond donors (Lipinski definition) is 1. The van der Waals surface area contributed by atoms with Crippen LogP contribution in [0.5, 0.6) is 0 Å². The minimum absolute atomic E-state index is 0.112. The van der Waals surface area contributed by atoms with Crippen molar-refractivity contribution in [3.63, 3.8) is 0 Å². The number of nitrogens with one attached hydrogen (secondary N) is 1. The first kappa shape index (κ1) is 20.8. The van der Waals surface area contributed by atoms with Gasteiger partial charge in [-0.25, -0.2) is 9.78 Å². The standard InChI is InChI=1S/C24H23N3O3S/c1-4-30-24(29)22-19(18-9-8-15(2)11-16(18)3)14-31-23(22)26-21(28)12-17-13-27-10-6-5-7-20(27)25-17/h5-11,13-14H,4,12H2,1-3H3,(H,26,28). The van der Waals surface area contributed by atoms with E-state index in [-0.39, 0.29) is 18.9 Å². The maximum Gasteiger partial charge on any atom is 0.341 e. The van der Waals surface area contributed by atoms with Crippen LogP contribution in [0.4, 0.5) is 5.00 Å². The molecule has 1 aromatic carbocycles. The number of esters is 1. The second kappa shape index (κ2) is 8.73. The molecule has 4 rings (SSSR count).